The Morgan fingerprint density at radius 1 is 1.29 bits per heavy atom. The number of carbonyl (C=O) groups is 2. The van der Waals surface area contributed by atoms with E-state index in [9.17, 15) is 14.7 Å². The predicted octanol–water partition coefficient (Wildman–Crippen LogP) is 2.03. The van der Waals surface area contributed by atoms with Crippen LogP contribution in [0.5, 0.6) is 5.75 Å². The first-order valence-corrected chi connectivity index (χ1v) is 12.3. The summed E-state index contributed by atoms with van der Waals surface area (Å²) in [6.45, 7) is 3.73. The number of rotatable bonds is 4. The molecule has 3 fully saturated rings. The van der Waals surface area contributed by atoms with Crippen molar-refractivity contribution >= 4 is 29.2 Å². The zero-order chi connectivity index (χ0) is 25.5. The van der Waals surface area contributed by atoms with Crippen molar-refractivity contribution in [2.24, 2.45) is 5.41 Å². The molecule has 1 aromatic carbocycles. The van der Waals surface area contributed by atoms with E-state index in [0.717, 1.165) is 11.3 Å². The Bertz CT molecular complexity index is 1070. The zero-order valence-electron chi connectivity index (χ0n) is 20.6. The Morgan fingerprint density at radius 2 is 2.00 bits per heavy atom. The van der Waals surface area contributed by atoms with Crippen LogP contribution in [0.25, 0.3) is 0 Å². The van der Waals surface area contributed by atoms with Crippen molar-refractivity contribution in [3.05, 3.63) is 23.8 Å². The van der Waals surface area contributed by atoms with Crippen LogP contribution >= 0.6 is 11.6 Å². The lowest BCUT2D eigenvalue weighted by atomic mass is 9.46. The lowest BCUT2D eigenvalue weighted by molar-refractivity contribution is -0.252. The van der Waals surface area contributed by atoms with Gasteiger partial charge in [0.1, 0.15) is 11.9 Å². The molecule has 1 spiro atoms. The van der Waals surface area contributed by atoms with E-state index < -0.39 is 58.1 Å². The van der Waals surface area contributed by atoms with Crippen molar-refractivity contribution in [1.82, 2.24) is 4.90 Å². The minimum absolute atomic E-state index is 0.133. The molecule has 1 N–H and O–H groups in total. The average molecular weight is 511 g/mol. The van der Waals surface area contributed by atoms with Crippen molar-refractivity contribution in [1.29, 1.82) is 0 Å². The van der Waals surface area contributed by atoms with Crippen molar-refractivity contribution in [3.63, 3.8) is 0 Å². The minimum Gasteiger partial charge on any atom is -0.497 e. The van der Waals surface area contributed by atoms with Gasteiger partial charge in [0.2, 0.25) is 5.60 Å². The molecule has 4 aliphatic rings. The summed E-state index contributed by atoms with van der Waals surface area (Å²) >= 11 is 6.71. The maximum Gasteiger partial charge on any atom is 0.344 e. The molecule has 35 heavy (non-hydrogen) atoms. The molecule has 0 amide bonds. The van der Waals surface area contributed by atoms with Crippen LogP contribution in [0.2, 0.25) is 0 Å². The van der Waals surface area contributed by atoms with Gasteiger partial charge in [0.25, 0.3) is 0 Å². The van der Waals surface area contributed by atoms with Gasteiger partial charge in [-0.15, -0.1) is 11.6 Å². The van der Waals surface area contributed by atoms with Crippen molar-refractivity contribution in [2.45, 2.75) is 67.4 Å². The van der Waals surface area contributed by atoms with Gasteiger partial charge in [0.15, 0.2) is 6.10 Å². The summed E-state index contributed by atoms with van der Waals surface area (Å²) < 4.78 is 32.5. The van der Waals surface area contributed by atoms with Gasteiger partial charge in [-0.05, 0) is 37.9 Å². The smallest absolute Gasteiger partial charge is 0.344 e. The first-order chi connectivity index (χ1) is 16.5. The number of carbonyl (C=O) groups excluding carboxylic acids is 2. The van der Waals surface area contributed by atoms with Crippen LogP contribution in [-0.4, -0.2) is 91.6 Å². The highest BCUT2D eigenvalue weighted by Crippen LogP contribution is 2.68. The van der Waals surface area contributed by atoms with Crippen LogP contribution in [0, 0.1) is 5.41 Å². The highest BCUT2D eigenvalue weighted by atomic mass is 35.5. The normalized spacial score (nSPS) is 40.4. The number of halogens is 2. The summed E-state index contributed by atoms with van der Waals surface area (Å²) in [7, 11) is 4.53. The minimum atomic E-state index is -2.36. The molecule has 8 atom stereocenters. The molecule has 192 valence electrons. The van der Waals surface area contributed by atoms with Gasteiger partial charge in [0.05, 0.1) is 25.7 Å². The molecule has 0 bridgehead atoms. The van der Waals surface area contributed by atoms with Gasteiger partial charge >= 0.3 is 11.9 Å². The third kappa shape index (κ3) is 2.86. The summed E-state index contributed by atoms with van der Waals surface area (Å²) in [6, 6.07) is 4.30. The molecule has 0 aromatic heterocycles. The Morgan fingerprint density at radius 3 is 2.60 bits per heavy atom. The number of ether oxygens (including phenoxy) is 3. The molecule has 2 saturated heterocycles. The summed E-state index contributed by atoms with van der Waals surface area (Å²) in [4.78, 5) is 30.0. The van der Waals surface area contributed by atoms with Gasteiger partial charge < -0.3 is 24.2 Å². The molecule has 0 radical (unpaired) electrons. The first kappa shape index (κ1) is 24.6. The number of esters is 2. The number of nitrogens with zero attached hydrogens (tertiary/aromatic N) is 2. The SMILES string of the molecule is COC(=O)[C@]1(O)[C@@H]2N(C)c3cc(OC)ccc3[C@@]23CCN2CC(Cl)C[C@]([C@H](C)F)([C@H]23)[C@H]1OC(C)=O. The number of aliphatic hydroxyl groups is 1. The Kier molecular flexibility index (Phi) is 5.58. The topological polar surface area (TPSA) is 88.5 Å². The largest absolute Gasteiger partial charge is 0.497 e. The van der Waals surface area contributed by atoms with Gasteiger partial charge in [-0.25, -0.2) is 9.18 Å². The highest BCUT2D eigenvalue weighted by molar-refractivity contribution is 6.21. The van der Waals surface area contributed by atoms with Gasteiger partial charge in [-0.2, -0.15) is 0 Å². The number of hydrogen-bond acceptors (Lipinski definition) is 8. The van der Waals surface area contributed by atoms with E-state index in [0.29, 0.717) is 25.3 Å². The summed E-state index contributed by atoms with van der Waals surface area (Å²) in [5.41, 5.74) is -2.97. The van der Waals surface area contributed by atoms with Crippen LogP contribution in [0.15, 0.2) is 18.2 Å². The van der Waals surface area contributed by atoms with Gasteiger partial charge in [0, 0.05) is 49.1 Å². The number of alkyl halides is 2. The molecular weight excluding hydrogens is 479 g/mol. The molecule has 3 aliphatic heterocycles. The summed E-state index contributed by atoms with van der Waals surface area (Å²) in [6.07, 6.45) is -2.37. The number of benzene rings is 1. The van der Waals surface area contributed by atoms with E-state index in [4.69, 9.17) is 25.8 Å². The van der Waals surface area contributed by atoms with Crippen LogP contribution in [-0.2, 0) is 24.5 Å². The second kappa shape index (κ2) is 7.95. The lowest BCUT2D eigenvalue weighted by Crippen LogP contribution is -2.84. The quantitative estimate of drug-likeness (QED) is 0.486. The zero-order valence-corrected chi connectivity index (χ0v) is 21.3. The second-order valence-electron chi connectivity index (χ2n) is 10.4. The molecule has 8 nitrogen and oxygen atoms in total. The fraction of sp³-hybridized carbons (Fsp3) is 0.680. The van der Waals surface area contributed by atoms with Crippen LogP contribution in [0.4, 0.5) is 10.1 Å². The van der Waals surface area contributed by atoms with E-state index in [1.165, 1.54) is 21.0 Å². The molecular formula is C25H32ClFN2O6. The Hall–Kier alpha value is -2.10. The van der Waals surface area contributed by atoms with Crippen LogP contribution in [0.1, 0.15) is 32.3 Å². The number of hydrogen-bond donors (Lipinski definition) is 1. The van der Waals surface area contributed by atoms with Crippen molar-refractivity contribution in [2.75, 3.05) is 39.3 Å². The number of methoxy groups -OCH3 is 2. The second-order valence-corrected chi connectivity index (χ2v) is 11.0. The monoisotopic (exact) mass is 510 g/mol. The van der Waals surface area contributed by atoms with E-state index in [-0.39, 0.29) is 6.42 Å². The average Bonchev–Trinajstić information content (AvgIpc) is 3.31. The Balaban J connectivity index is 1.88. The predicted molar refractivity (Wildman–Crippen MR) is 127 cm³/mol. The third-order valence-corrected chi connectivity index (χ3v) is 9.28. The molecule has 5 rings (SSSR count). The standard InChI is InChI=1S/C25H32ClFN2O6/c1-13(27)24-11-15(26)12-29-9-8-23(19(24)29)17-7-6-16(33-4)10-18(17)28(3)20(23)25(32,22(31)34-5)21(24)35-14(2)30/h6-7,10,13,15,19-21,32H,8-9,11-12H2,1-5H3/t13-,15?,19+,20+,21+,23+,24-,25-/m0/s1. The molecule has 1 saturated carbocycles. The van der Waals surface area contributed by atoms with E-state index in [1.54, 1.807) is 14.2 Å². The fourth-order valence-corrected chi connectivity index (χ4v) is 8.55. The molecule has 1 aromatic rings. The Labute approximate surface area is 209 Å². The number of likely N-dealkylation sites (N-methyl/N-ethyl adjacent to an activating group) is 1. The molecule has 10 heteroatoms. The first-order valence-electron chi connectivity index (χ1n) is 11.9. The third-order valence-electron chi connectivity index (χ3n) is 8.99. The highest BCUT2D eigenvalue weighted by Gasteiger charge is 2.82. The summed E-state index contributed by atoms with van der Waals surface area (Å²) in [5.74, 6) is -1.06. The van der Waals surface area contributed by atoms with Gasteiger partial charge in [-0.1, -0.05) is 6.07 Å². The summed E-state index contributed by atoms with van der Waals surface area (Å²) in [5, 5.41) is 12.0. The lowest BCUT2D eigenvalue weighted by Gasteiger charge is -2.65. The van der Waals surface area contributed by atoms with Gasteiger partial charge in [-0.3, -0.25) is 9.69 Å². The maximum atomic E-state index is 16.1. The maximum absolute atomic E-state index is 16.1. The van der Waals surface area contributed by atoms with Crippen molar-refractivity contribution in [3.8, 4) is 5.75 Å². The van der Waals surface area contributed by atoms with E-state index in [2.05, 4.69) is 4.90 Å². The fourth-order valence-electron chi connectivity index (χ4n) is 8.10. The van der Waals surface area contributed by atoms with Crippen LogP contribution in [0.3, 0.4) is 0 Å². The molecule has 1 unspecified atom stereocenters. The van der Waals surface area contributed by atoms with E-state index in [1.807, 2.05) is 23.1 Å². The number of fused-ring (bicyclic) bond motifs is 1. The van der Waals surface area contributed by atoms with E-state index >= 15 is 4.39 Å². The van der Waals surface area contributed by atoms with Crippen molar-refractivity contribution < 1.29 is 33.3 Å². The number of piperidine rings is 1. The number of anilines is 1. The molecule has 3 heterocycles. The van der Waals surface area contributed by atoms with Crippen LogP contribution < -0.4 is 9.64 Å². The molecule has 1 aliphatic carbocycles.